The van der Waals surface area contributed by atoms with Gasteiger partial charge in [-0.05, 0) is 49.2 Å². The molecule has 1 amide bonds. The van der Waals surface area contributed by atoms with E-state index in [-0.39, 0.29) is 12.5 Å². The summed E-state index contributed by atoms with van der Waals surface area (Å²) in [4.78, 5) is 12.0. The Morgan fingerprint density at radius 1 is 1.00 bits per heavy atom. The van der Waals surface area contributed by atoms with Crippen molar-refractivity contribution in [3.63, 3.8) is 0 Å². The second-order valence-electron chi connectivity index (χ2n) is 5.91. The number of ether oxygens (including phenoxy) is 4. The summed E-state index contributed by atoms with van der Waals surface area (Å²) in [6.07, 6.45) is 1.48. The standard InChI is InChI=1S/C20H23BrN2O5/c1-12-6-15(21)7-13(2)19(12)28-11-18(24)23-22-10-14-8-16(25-3)20(27-5)17(9-14)26-4/h6-10H,11H2,1-5H3,(H,23,24)/b22-10-. The monoisotopic (exact) mass is 450 g/mol. The van der Waals surface area contributed by atoms with Crippen LogP contribution in [0.4, 0.5) is 0 Å². The van der Waals surface area contributed by atoms with Gasteiger partial charge in [0.2, 0.25) is 5.75 Å². The largest absolute Gasteiger partial charge is 0.493 e. The zero-order chi connectivity index (χ0) is 20.7. The fraction of sp³-hybridized carbons (Fsp3) is 0.300. The molecule has 0 saturated heterocycles. The van der Waals surface area contributed by atoms with Gasteiger partial charge in [0.25, 0.3) is 5.91 Å². The van der Waals surface area contributed by atoms with Crippen molar-refractivity contribution < 1.29 is 23.7 Å². The normalized spacial score (nSPS) is 10.6. The molecule has 2 rings (SSSR count). The van der Waals surface area contributed by atoms with Crippen LogP contribution in [0.3, 0.4) is 0 Å². The lowest BCUT2D eigenvalue weighted by Crippen LogP contribution is -2.25. The van der Waals surface area contributed by atoms with E-state index in [0.29, 0.717) is 28.6 Å². The smallest absolute Gasteiger partial charge is 0.277 e. The van der Waals surface area contributed by atoms with E-state index in [0.717, 1.165) is 15.6 Å². The summed E-state index contributed by atoms with van der Waals surface area (Å²) in [5.74, 6) is 1.80. The summed E-state index contributed by atoms with van der Waals surface area (Å²) in [5, 5.41) is 3.96. The maximum Gasteiger partial charge on any atom is 0.277 e. The molecule has 0 bridgehead atoms. The van der Waals surface area contributed by atoms with Crippen molar-refractivity contribution in [2.24, 2.45) is 5.10 Å². The van der Waals surface area contributed by atoms with Crippen LogP contribution < -0.4 is 24.4 Å². The third-order valence-electron chi connectivity index (χ3n) is 3.86. The molecule has 0 atom stereocenters. The molecular weight excluding hydrogens is 428 g/mol. The number of hydrogen-bond acceptors (Lipinski definition) is 6. The average Bonchev–Trinajstić information content (AvgIpc) is 2.66. The number of amides is 1. The van der Waals surface area contributed by atoms with Crippen LogP contribution in [-0.4, -0.2) is 40.1 Å². The Labute approximate surface area is 172 Å². The van der Waals surface area contributed by atoms with Crippen molar-refractivity contribution in [2.75, 3.05) is 27.9 Å². The Morgan fingerprint density at radius 3 is 2.07 bits per heavy atom. The zero-order valence-electron chi connectivity index (χ0n) is 16.5. The molecule has 28 heavy (non-hydrogen) atoms. The Balaban J connectivity index is 2.00. The van der Waals surface area contributed by atoms with Gasteiger partial charge in [0.1, 0.15) is 5.75 Å². The summed E-state index contributed by atoms with van der Waals surface area (Å²) in [6.45, 7) is 3.71. The van der Waals surface area contributed by atoms with E-state index in [9.17, 15) is 4.79 Å². The van der Waals surface area contributed by atoms with Gasteiger partial charge >= 0.3 is 0 Å². The highest BCUT2D eigenvalue weighted by atomic mass is 79.9. The van der Waals surface area contributed by atoms with E-state index in [1.165, 1.54) is 27.5 Å². The van der Waals surface area contributed by atoms with Gasteiger partial charge in [0.05, 0.1) is 27.5 Å². The Kier molecular flexibility index (Phi) is 7.69. The number of methoxy groups -OCH3 is 3. The first-order chi connectivity index (χ1) is 13.4. The highest BCUT2D eigenvalue weighted by Gasteiger charge is 2.12. The van der Waals surface area contributed by atoms with Crippen LogP contribution in [0.2, 0.25) is 0 Å². The minimum Gasteiger partial charge on any atom is -0.493 e. The number of hydrazone groups is 1. The van der Waals surface area contributed by atoms with Crippen LogP contribution >= 0.6 is 15.9 Å². The van der Waals surface area contributed by atoms with E-state index in [1.54, 1.807) is 12.1 Å². The Morgan fingerprint density at radius 2 is 1.57 bits per heavy atom. The molecule has 0 unspecified atom stereocenters. The number of nitrogens with one attached hydrogen (secondary N) is 1. The van der Waals surface area contributed by atoms with Crippen LogP contribution in [0.15, 0.2) is 33.8 Å². The topological polar surface area (TPSA) is 78.4 Å². The molecule has 8 heteroatoms. The van der Waals surface area contributed by atoms with Crippen LogP contribution in [0.25, 0.3) is 0 Å². The molecule has 0 heterocycles. The molecule has 150 valence electrons. The van der Waals surface area contributed by atoms with Crippen LogP contribution in [0.1, 0.15) is 16.7 Å². The molecule has 2 aromatic rings. The first kappa shape index (κ1) is 21.6. The number of rotatable bonds is 8. The maximum absolute atomic E-state index is 12.0. The van der Waals surface area contributed by atoms with Gasteiger partial charge in [-0.3, -0.25) is 4.79 Å². The van der Waals surface area contributed by atoms with Gasteiger partial charge < -0.3 is 18.9 Å². The fourth-order valence-corrected chi connectivity index (χ4v) is 3.34. The number of aryl methyl sites for hydroxylation is 2. The summed E-state index contributed by atoms with van der Waals surface area (Å²) < 4.78 is 22.4. The maximum atomic E-state index is 12.0. The van der Waals surface area contributed by atoms with E-state index in [4.69, 9.17) is 18.9 Å². The quantitative estimate of drug-likeness (QED) is 0.490. The predicted molar refractivity (Wildman–Crippen MR) is 111 cm³/mol. The van der Waals surface area contributed by atoms with Gasteiger partial charge in [0, 0.05) is 10.0 Å². The molecule has 0 aliphatic carbocycles. The minimum absolute atomic E-state index is 0.143. The molecule has 0 aliphatic rings. The van der Waals surface area contributed by atoms with Gasteiger partial charge in [-0.1, -0.05) is 15.9 Å². The van der Waals surface area contributed by atoms with Crippen molar-refractivity contribution in [2.45, 2.75) is 13.8 Å². The molecular formula is C20H23BrN2O5. The van der Waals surface area contributed by atoms with Crippen LogP contribution in [0, 0.1) is 13.8 Å². The number of hydrogen-bond donors (Lipinski definition) is 1. The number of halogens is 1. The van der Waals surface area contributed by atoms with Crippen LogP contribution in [-0.2, 0) is 4.79 Å². The lowest BCUT2D eigenvalue weighted by Gasteiger charge is -2.13. The van der Waals surface area contributed by atoms with E-state index in [2.05, 4.69) is 26.5 Å². The number of carbonyl (C=O) groups is 1. The number of benzene rings is 2. The van der Waals surface area contributed by atoms with Crippen molar-refractivity contribution in [3.8, 4) is 23.0 Å². The van der Waals surface area contributed by atoms with Crippen molar-refractivity contribution in [3.05, 3.63) is 45.4 Å². The van der Waals surface area contributed by atoms with Gasteiger partial charge in [0.15, 0.2) is 18.1 Å². The van der Waals surface area contributed by atoms with Crippen LogP contribution in [0.5, 0.6) is 23.0 Å². The zero-order valence-corrected chi connectivity index (χ0v) is 18.0. The van der Waals surface area contributed by atoms with Gasteiger partial charge in [-0.25, -0.2) is 5.43 Å². The molecule has 0 aromatic heterocycles. The molecule has 0 spiro atoms. The lowest BCUT2D eigenvalue weighted by molar-refractivity contribution is -0.123. The molecule has 0 fully saturated rings. The second-order valence-corrected chi connectivity index (χ2v) is 6.82. The first-order valence-electron chi connectivity index (χ1n) is 8.41. The summed E-state index contributed by atoms with van der Waals surface area (Å²) in [6, 6.07) is 7.32. The summed E-state index contributed by atoms with van der Waals surface area (Å²) in [5.41, 5.74) is 5.00. The first-order valence-corrected chi connectivity index (χ1v) is 9.20. The van der Waals surface area contributed by atoms with Gasteiger partial charge in [-0.15, -0.1) is 0 Å². The van der Waals surface area contributed by atoms with E-state index >= 15 is 0 Å². The molecule has 2 aromatic carbocycles. The molecule has 0 saturated carbocycles. The molecule has 0 aliphatic heterocycles. The van der Waals surface area contributed by atoms with Crippen molar-refractivity contribution in [1.82, 2.24) is 5.43 Å². The van der Waals surface area contributed by atoms with Crippen molar-refractivity contribution in [1.29, 1.82) is 0 Å². The second kappa shape index (κ2) is 9.98. The van der Waals surface area contributed by atoms with Gasteiger partial charge in [-0.2, -0.15) is 5.10 Å². The molecule has 7 nitrogen and oxygen atoms in total. The summed E-state index contributed by atoms with van der Waals surface area (Å²) >= 11 is 3.43. The summed E-state index contributed by atoms with van der Waals surface area (Å²) in [7, 11) is 4.59. The molecule has 1 N–H and O–H groups in total. The third-order valence-corrected chi connectivity index (χ3v) is 4.32. The SMILES string of the molecule is COc1cc(/C=N\NC(=O)COc2c(C)cc(Br)cc2C)cc(OC)c1OC. The van der Waals surface area contributed by atoms with E-state index < -0.39 is 0 Å². The fourth-order valence-electron chi connectivity index (χ4n) is 2.65. The molecule has 0 radical (unpaired) electrons. The number of nitrogens with zero attached hydrogens (tertiary/aromatic N) is 1. The Bertz CT molecular complexity index is 835. The predicted octanol–water partition coefficient (Wildman–Crippen LogP) is 3.62. The average molecular weight is 451 g/mol. The number of carbonyl (C=O) groups excluding carboxylic acids is 1. The highest BCUT2D eigenvalue weighted by Crippen LogP contribution is 2.37. The lowest BCUT2D eigenvalue weighted by atomic mass is 10.1. The Hall–Kier alpha value is -2.74. The van der Waals surface area contributed by atoms with Crippen molar-refractivity contribution >= 4 is 28.1 Å². The minimum atomic E-state index is -0.370. The third kappa shape index (κ3) is 5.39. The van der Waals surface area contributed by atoms with E-state index in [1.807, 2.05) is 26.0 Å². The highest BCUT2D eigenvalue weighted by molar-refractivity contribution is 9.10.